The van der Waals surface area contributed by atoms with Gasteiger partial charge in [-0.25, -0.2) is 0 Å². The fourth-order valence-corrected chi connectivity index (χ4v) is 0.572. The maximum absolute atomic E-state index is 10.8. The Kier molecular flexibility index (Phi) is 1.91. The molecule has 0 saturated carbocycles. The van der Waals surface area contributed by atoms with E-state index >= 15 is 0 Å². The minimum Gasteiger partial charge on any atom is -0.504 e. The molecule has 3 N–H and O–H groups in total. The van der Waals surface area contributed by atoms with Crippen LogP contribution in [0.15, 0.2) is 28.8 Å². The normalized spacial score (nSPS) is 20.9. The summed E-state index contributed by atoms with van der Waals surface area (Å²) in [5.74, 6) is -0.950. The summed E-state index contributed by atoms with van der Waals surface area (Å²) in [5, 5.41) is 9.01. The molecule has 1 aliphatic heterocycles. The molecule has 5 heteroatoms. The zero-order valence-corrected chi connectivity index (χ0v) is 5.52. The van der Waals surface area contributed by atoms with Gasteiger partial charge in [-0.3, -0.25) is 4.79 Å². The summed E-state index contributed by atoms with van der Waals surface area (Å²) in [4.78, 5) is 14.1. The number of hydrogen-bond donors (Lipinski definition) is 2. The third-order valence-corrected chi connectivity index (χ3v) is 1.08. The summed E-state index contributed by atoms with van der Waals surface area (Å²) in [6, 6.07) is 0. The van der Waals surface area contributed by atoms with Crippen LogP contribution in [0.5, 0.6) is 0 Å². The Morgan fingerprint density at radius 2 is 2.45 bits per heavy atom. The van der Waals surface area contributed by atoms with Crippen LogP contribution in [-0.2, 0) is 9.53 Å². The smallest absolute Gasteiger partial charge is 0.285 e. The lowest BCUT2D eigenvalue weighted by Crippen LogP contribution is -2.03. The predicted molar refractivity (Wildman–Crippen MR) is 37.6 cm³/mol. The van der Waals surface area contributed by atoms with Crippen molar-refractivity contribution in [1.29, 1.82) is 0 Å². The fourth-order valence-electron chi connectivity index (χ4n) is 0.572. The largest absolute Gasteiger partial charge is 0.504 e. The van der Waals surface area contributed by atoms with Gasteiger partial charge in [0, 0.05) is 6.20 Å². The second-order valence-corrected chi connectivity index (χ2v) is 1.76. The average molecular weight is 154 g/mol. The van der Waals surface area contributed by atoms with E-state index in [0.29, 0.717) is 0 Å². The number of aliphatic hydroxyl groups excluding tert-OH is 1. The first-order valence-corrected chi connectivity index (χ1v) is 2.79. The van der Waals surface area contributed by atoms with Gasteiger partial charge in [-0.05, 0) is 0 Å². The number of aliphatic hydroxyl groups is 1. The zero-order chi connectivity index (χ0) is 8.27. The number of hydrogen-bond acceptors (Lipinski definition) is 4. The Morgan fingerprint density at radius 3 is 3.09 bits per heavy atom. The first-order valence-electron chi connectivity index (χ1n) is 2.79. The van der Waals surface area contributed by atoms with E-state index in [-0.39, 0.29) is 11.3 Å². The number of carbonyl (C=O) groups is 1. The van der Waals surface area contributed by atoms with Crippen molar-refractivity contribution in [3.05, 3.63) is 23.8 Å². The monoisotopic (exact) mass is 154 g/mol. The van der Waals surface area contributed by atoms with Crippen LogP contribution in [0.25, 0.3) is 0 Å². The van der Waals surface area contributed by atoms with Gasteiger partial charge >= 0.3 is 0 Å². The Hall–Kier alpha value is -1.78. The van der Waals surface area contributed by atoms with Gasteiger partial charge in [0.1, 0.15) is 11.8 Å². The first-order chi connectivity index (χ1) is 5.25. The van der Waals surface area contributed by atoms with Crippen LogP contribution in [-0.4, -0.2) is 17.4 Å². The van der Waals surface area contributed by atoms with Crippen LogP contribution in [0.1, 0.15) is 0 Å². The van der Waals surface area contributed by atoms with Crippen molar-refractivity contribution in [2.24, 2.45) is 10.7 Å². The van der Waals surface area contributed by atoms with Crippen molar-refractivity contribution in [3.8, 4) is 0 Å². The van der Waals surface area contributed by atoms with Gasteiger partial charge < -0.3 is 15.6 Å². The molecule has 0 radical (unpaired) electrons. The zero-order valence-electron chi connectivity index (χ0n) is 5.52. The molecule has 0 spiro atoms. The molecule has 1 heterocycles. The molecule has 0 bridgehead atoms. The van der Waals surface area contributed by atoms with Crippen LogP contribution < -0.4 is 5.73 Å². The fraction of sp³-hybridized carbons (Fsp3) is 0. The minimum atomic E-state index is -0.626. The van der Waals surface area contributed by atoms with Crippen molar-refractivity contribution in [2.75, 3.05) is 0 Å². The van der Waals surface area contributed by atoms with Crippen molar-refractivity contribution in [2.45, 2.75) is 0 Å². The van der Waals surface area contributed by atoms with E-state index in [2.05, 4.69) is 9.73 Å². The molecule has 0 aromatic rings. The second-order valence-electron chi connectivity index (χ2n) is 1.76. The molecule has 5 nitrogen and oxygen atoms in total. The number of rotatable bonds is 0. The number of amides is 1. The highest BCUT2D eigenvalue weighted by Crippen LogP contribution is 2.09. The molecular formula is C6H6N2O3. The molecule has 0 saturated heterocycles. The van der Waals surface area contributed by atoms with E-state index in [1.54, 1.807) is 0 Å². The first kappa shape index (κ1) is 7.33. The highest BCUT2D eigenvalue weighted by Gasteiger charge is 2.14. The summed E-state index contributed by atoms with van der Waals surface area (Å²) in [7, 11) is 0. The third kappa shape index (κ3) is 1.37. The van der Waals surface area contributed by atoms with Crippen molar-refractivity contribution in [1.82, 2.24) is 0 Å². The molecule has 0 fully saturated rings. The van der Waals surface area contributed by atoms with E-state index < -0.39 is 5.91 Å². The van der Waals surface area contributed by atoms with E-state index in [4.69, 9.17) is 10.8 Å². The number of nitrogens with two attached hydrogens (primary N) is 1. The van der Waals surface area contributed by atoms with Gasteiger partial charge in [-0.15, -0.1) is 0 Å². The lowest BCUT2D eigenvalue weighted by Gasteiger charge is -1.95. The van der Waals surface area contributed by atoms with E-state index in [0.717, 1.165) is 18.9 Å². The standard InChI is InChI=1S/C6H6N2O3/c7-1-4-5(9)2-11-3-8-6(4)10/h1-3,9H,7H2. The van der Waals surface area contributed by atoms with Gasteiger partial charge in [-0.2, -0.15) is 4.99 Å². The van der Waals surface area contributed by atoms with Crippen molar-refractivity contribution >= 4 is 12.3 Å². The number of aliphatic imine (C=N–C) groups is 1. The van der Waals surface area contributed by atoms with E-state index in [1.807, 2.05) is 0 Å². The maximum atomic E-state index is 10.8. The Balaban J connectivity index is 3.04. The predicted octanol–water partition coefficient (Wildman–Crippen LogP) is -0.186. The van der Waals surface area contributed by atoms with Crippen molar-refractivity contribution in [3.63, 3.8) is 0 Å². The molecule has 58 valence electrons. The van der Waals surface area contributed by atoms with Gasteiger partial charge in [0.2, 0.25) is 0 Å². The molecular weight excluding hydrogens is 148 g/mol. The van der Waals surface area contributed by atoms with Gasteiger partial charge in [0.05, 0.1) is 0 Å². The highest BCUT2D eigenvalue weighted by molar-refractivity contribution is 6.01. The lowest BCUT2D eigenvalue weighted by atomic mass is 10.2. The third-order valence-electron chi connectivity index (χ3n) is 1.08. The summed E-state index contributed by atoms with van der Waals surface area (Å²) < 4.78 is 4.49. The SMILES string of the molecule is NC=C1C(=O)N=COC=C1O. The molecule has 0 aliphatic carbocycles. The van der Waals surface area contributed by atoms with Gasteiger partial charge in [0.25, 0.3) is 5.91 Å². The molecule has 0 aromatic heterocycles. The number of nitrogens with zero attached hydrogens (tertiary/aromatic N) is 1. The molecule has 0 atom stereocenters. The van der Waals surface area contributed by atoms with Crippen LogP contribution >= 0.6 is 0 Å². The molecule has 0 unspecified atom stereocenters. The Bertz CT molecular complexity index is 261. The summed E-state index contributed by atoms with van der Waals surface area (Å²) in [5.41, 5.74) is 4.97. The molecule has 11 heavy (non-hydrogen) atoms. The van der Waals surface area contributed by atoms with Crippen LogP contribution in [0.3, 0.4) is 0 Å². The Morgan fingerprint density at radius 1 is 1.73 bits per heavy atom. The van der Waals surface area contributed by atoms with E-state index in [9.17, 15) is 4.79 Å². The van der Waals surface area contributed by atoms with Crippen molar-refractivity contribution < 1.29 is 14.6 Å². The molecule has 1 aliphatic rings. The topological polar surface area (TPSA) is 84.9 Å². The molecule has 0 aromatic carbocycles. The summed E-state index contributed by atoms with van der Waals surface area (Å²) in [6.45, 7) is 0. The number of ether oxygens (including phenoxy) is 1. The maximum Gasteiger partial charge on any atom is 0.285 e. The summed E-state index contributed by atoms with van der Waals surface area (Å²) in [6.07, 6.45) is 2.88. The Labute approximate surface area is 62.5 Å². The molecule has 1 rings (SSSR count). The van der Waals surface area contributed by atoms with Crippen LogP contribution in [0.2, 0.25) is 0 Å². The number of carbonyl (C=O) groups excluding carboxylic acids is 1. The van der Waals surface area contributed by atoms with E-state index in [1.165, 1.54) is 0 Å². The van der Waals surface area contributed by atoms with Crippen LogP contribution in [0, 0.1) is 0 Å². The molecule has 1 amide bonds. The highest BCUT2D eigenvalue weighted by atomic mass is 16.5. The summed E-state index contributed by atoms with van der Waals surface area (Å²) >= 11 is 0. The second kappa shape index (κ2) is 2.87. The van der Waals surface area contributed by atoms with Crippen LogP contribution in [0.4, 0.5) is 0 Å². The minimum absolute atomic E-state index is 0.0706. The average Bonchev–Trinajstić information content (AvgIpc) is 2.12. The van der Waals surface area contributed by atoms with Gasteiger partial charge in [-0.1, -0.05) is 0 Å². The van der Waals surface area contributed by atoms with Gasteiger partial charge in [0.15, 0.2) is 12.2 Å². The quantitative estimate of drug-likeness (QED) is 0.473. The lowest BCUT2D eigenvalue weighted by molar-refractivity contribution is -0.114.